The second-order valence-corrected chi connectivity index (χ2v) is 6.60. The molecule has 3 nitrogen and oxygen atoms in total. The van der Waals surface area contributed by atoms with Crippen LogP contribution in [-0.4, -0.2) is 12.0 Å². The standard InChI is InChI=1S/C23H20F3NO2/c1-16(22(28)27-21-10-6-5-9-20(21)23(24,25)26)29-19-13-11-18(12-14-19)15-17-7-3-2-4-8-17/h2-14,16H,15H2,1H3,(H,27,28). The fourth-order valence-corrected chi connectivity index (χ4v) is 2.85. The number of hydrogen-bond acceptors (Lipinski definition) is 2. The van der Waals surface area contributed by atoms with Crippen LogP contribution in [0.1, 0.15) is 23.6 Å². The largest absolute Gasteiger partial charge is 0.481 e. The summed E-state index contributed by atoms with van der Waals surface area (Å²) in [6.07, 6.45) is -4.75. The van der Waals surface area contributed by atoms with Crippen molar-refractivity contribution in [2.24, 2.45) is 0 Å². The first-order valence-electron chi connectivity index (χ1n) is 9.09. The summed E-state index contributed by atoms with van der Waals surface area (Å²) in [4.78, 5) is 12.3. The van der Waals surface area contributed by atoms with E-state index in [1.165, 1.54) is 30.7 Å². The smallest absolute Gasteiger partial charge is 0.418 e. The summed E-state index contributed by atoms with van der Waals surface area (Å²) >= 11 is 0. The minimum absolute atomic E-state index is 0.293. The van der Waals surface area contributed by atoms with Crippen LogP contribution in [0.25, 0.3) is 0 Å². The second-order valence-electron chi connectivity index (χ2n) is 6.60. The lowest BCUT2D eigenvalue weighted by Crippen LogP contribution is -2.31. The van der Waals surface area contributed by atoms with E-state index >= 15 is 0 Å². The van der Waals surface area contributed by atoms with Gasteiger partial charge in [-0.2, -0.15) is 13.2 Å². The molecule has 1 unspecified atom stereocenters. The molecule has 0 heterocycles. The predicted molar refractivity (Wildman–Crippen MR) is 106 cm³/mol. The molecule has 6 heteroatoms. The van der Waals surface area contributed by atoms with Crippen molar-refractivity contribution in [2.75, 3.05) is 5.32 Å². The highest BCUT2D eigenvalue weighted by atomic mass is 19.4. The fourth-order valence-electron chi connectivity index (χ4n) is 2.85. The Labute approximate surface area is 167 Å². The molecule has 0 aliphatic carbocycles. The summed E-state index contributed by atoms with van der Waals surface area (Å²) in [6.45, 7) is 1.49. The Morgan fingerprint density at radius 3 is 2.14 bits per heavy atom. The normalized spacial score (nSPS) is 12.3. The van der Waals surface area contributed by atoms with Gasteiger partial charge in [-0.25, -0.2) is 0 Å². The molecule has 1 amide bonds. The molecule has 3 rings (SSSR count). The van der Waals surface area contributed by atoms with E-state index in [1.807, 2.05) is 42.5 Å². The third-order valence-corrected chi connectivity index (χ3v) is 4.35. The van der Waals surface area contributed by atoms with Gasteiger partial charge in [-0.15, -0.1) is 0 Å². The molecule has 1 atom stereocenters. The molecular weight excluding hydrogens is 379 g/mol. The van der Waals surface area contributed by atoms with E-state index in [2.05, 4.69) is 5.32 Å². The Balaban J connectivity index is 1.62. The highest BCUT2D eigenvalue weighted by molar-refractivity contribution is 5.94. The lowest BCUT2D eigenvalue weighted by atomic mass is 10.1. The molecule has 3 aromatic carbocycles. The van der Waals surface area contributed by atoms with Crippen molar-refractivity contribution >= 4 is 11.6 Å². The van der Waals surface area contributed by atoms with Crippen LogP contribution in [0, 0.1) is 0 Å². The average Bonchev–Trinajstić information content (AvgIpc) is 2.70. The van der Waals surface area contributed by atoms with Crippen LogP contribution in [0.15, 0.2) is 78.9 Å². The van der Waals surface area contributed by atoms with E-state index in [-0.39, 0.29) is 5.69 Å². The fraction of sp³-hybridized carbons (Fsp3) is 0.174. The van der Waals surface area contributed by atoms with Gasteiger partial charge in [-0.3, -0.25) is 4.79 Å². The number of carbonyl (C=O) groups excluding carboxylic acids is 1. The Kier molecular flexibility index (Phi) is 6.22. The summed E-state index contributed by atoms with van der Waals surface area (Å²) < 4.78 is 44.8. The lowest BCUT2D eigenvalue weighted by molar-refractivity contribution is -0.137. The first-order chi connectivity index (χ1) is 13.8. The topological polar surface area (TPSA) is 38.3 Å². The van der Waals surface area contributed by atoms with Gasteiger partial charge < -0.3 is 10.1 Å². The van der Waals surface area contributed by atoms with Gasteiger partial charge in [0.15, 0.2) is 6.10 Å². The zero-order chi connectivity index (χ0) is 20.9. The molecule has 0 saturated carbocycles. The zero-order valence-electron chi connectivity index (χ0n) is 15.7. The summed E-state index contributed by atoms with van der Waals surface area (Å²) in [5, 5.41) is 2.30. The Morgan fingerprint density at radius 2 is 1.48 bits per heavy atom. The summed E-state index contributed by atoms with van der Waals surface area (Å²) in [7, 11) is 0. The van der Waals surface area contributed by atoms with Crippen molar-refractivity contribution in [3.63, 3.8) is 0 Å². The lowest BCUT2D eigenvalue weighted by Gasteiger charge is -2.17. The minimum atomic E-state index is -4.55. The van der Waals surface area contributed by atoms with Crippen molar-refractivity contribution in [1.82, 2.24) is 0 Å². The summed E-state index contributed by atoms with van der Waals surface area (Å²) in [5.41, 5.74) is 1.07. The highest BCUT2D eigenvalue weighted by Crippen LogP contribution is 2.34. The Hall–Kier alpha value is -3.28. The first-order valence-corrected chi connectivity index (χ1v) is 9.09. The molecule has 0 bridgehead atoms. The van der Waals surface area contributed by atoms with Crippen LogP contribution >= 0.6 is 0 Å². The monoisotopic (exact) mass is 399 g/mol. The second kappa shape index (κ2) is 8.82. The maximum atomic E-state index is 13.1. The molecule has 0 saturated heterocycles. The van der Waals surface area contributed by atoms with Gasteiger partial charge in [0.1, 0.15) is 5.75 Å². The molecular formula is C23H20F3NO2. The van der Waals surface area contributed by atoms with Crippen LogP contribution in [-0.2, 0) is 17.4 Å². The molecule has 150 valence electrons. The van der Waals surface area contributed by atoms with Crippen molar-refractivity contribution < 1.29 is 22.7 Å². The highest BCUT2D eigenvalue weighted by Gasteiger charge is 2.34. The van der Waals surface area contributed by atoms with E-state index < -0.39 is 23.8 Å². The molecule has 1 N–H and O–H groups in total. The average molecular weight is 399 g/mol. The number of ether oxygens (including phenoxy) is 1. The number of rotatable bonds is 6. The van der Waals surface area contributed by atoms with Crippen molar-refractivity contribution in [1.29, 1.82) is 0 Å². The molecule has 0 fully saturated rings. The SMILES string of the molecule is CC(Oc1ccc(Cc2ccccc2)cc1)C(=O)Nc1ccccc1C(F)(F)F. The number of para-hydroxylation sites is 1. The molecule has 0 aliphatic rings. The quantitative estimate of drug-likeness (QED) is 0.577. The number of amides is 1. The zero-order valence-corrected chi connectivity index (χ0v) is 15.7. The molecule has 29 heavy (non-hydrogen) atoms. The predicted octanol–water partition coefficient (Wildman–Crippen LogP) is 5.70. The number of benzene rings is 3. The number of anilines is 1. The van der Waals surface area contributed by atoms with E-state index in [1.54, 1.807) is 12.1 Å². The van der Waals surface area contributed by atoms with Gasteiger partial charge in [0.2, 0.25) is 0 Å². The van der Waals surface area contributed by atoms with E-state index in [9.17, 15) is 18.0 Å². The van der Waals surface area contributed by atoms with Crippen LogP contribution in [0.3, 0.4) is 0 Å². The van der Waals surface area contributed by atoms with Crippen LogP contribution < -0.4 is 10.1 Å². The third kappa shape index (κ3) is 5.60. The van der Waals surface area contributed by atoms with Crippen LogP contribution in [0.2, 0.25) is 0 Å². The molecule has 3 aromatic rings. The summed E-state index contributed by atoms with van der Waals surface area (Å²) in [5.74, 6) is -0.191. The van der Waals surface area contributed by atoms with Crippen molar-refractivity contribution in [3.8, 4) is 5.75 Å². The summed E-state index contributed by atoms with van der Waals surface area (Å²) in [6, 6.07) is 22.1. The number of hydrogen-bond donors (Lipinski definition) is 1. The number of halogens is 3. The number of alkyl halides is 3. The third-order valence-electron chi connectivity index (χ3n) is 4.35. The van der Waals surface area contributed by atoms with Gasteiger partial charge >= 0.3 is 6.18 Å². The van der Waals surface area contributed by atoms with E-state index in [0.29, 0.717) is 5.75 Å². The van der Waals surface area contributed by atoms with E-state index in [0.717, 1.165) is 18.1 Å². The molecule has 0 aliphatic heterocycles. The van der Waals surface area contributed by atoms with Crippen molar-refractivity contribution in [2.45, 2.75) is 25.6 Å². The number of nitrogens with one attached hydrogen (secondary N) is 1. The minimum Gasteiger partial charge on any atom is -0.481 e. The van der Waals surface area contributed by atoms with Gasteiger partial charge in [0.25, 0.3) is 5.91 Å². The van der Waals surface area contributed by atoms with Crippen LogP contribution in [0.4, 0.5) is 18.9 Å². The first kappa shape index (κ1) is 20.5. The maximum absolute atomic E-state index is 13.1. The van der Waals surface area contributed by atoms with Gasteiger partial charge in [0, 0.05) is 0 Å². The molecule has 0 aromatic heterocycles. The number of carbonyl (C=O) groups is 1. The van der Waals surface area contributed by atoms with Gasteiger partial charge in [-0.05, 0) is 48.7 Å². The van der Waals surface area contributed by atoms with Crippen molar-refractivity contribution in [3.05, 3.63) is 95.6 Å². The molecule has 0 radical (unpaired) electrons. The Bertz CT molecular complexity index is 954. The maximum Gasteiger partial charge on any atom is 0.418 e. The Morgan fingerprint density at radius 1 is 0.897 bits per heavy atom. The van der Waals surface area contributed by atoms with Gasteiger partial charge in [-0.1, -0.05) is 54.6 Å². The van der Waals surface area contributed by atoms with Crippen LogP contribution in [0.5, 0.6) is 5.75 Å². The van der Waals surface area contributed by atoms with E-state index in [4.69, 9.17) is 4.74 Å². The van der Waals surface area contributed by atoms with Gasteiger partial charge in [0.05, 0.1) is 11.3 Å². The molecule has 0 spiro atoms.